The number of carbonyl (C=O) groups is 1. The Labute approximate surface area is 116 Å². The average molecular weight is 297 g/mol. The van der Waals surface area contributed by atoms with E-state index in [-0.39, 0.29) is 6.54 Å². The number of carbonyl (C=O) groups excluding carboxylic acids is 1. The minimum atomic E-state index is -3.34. The monoisotopic (exact) mass is 297 g/mol. The van der Waals surface area contributed by atoms with Gasteiger partial charge in [0.2, 0.25) is 10.0 Å². The average Bonchev–Trinajstić information content (AvgIpc) is 2.98. The van der Waals surface area contributed by atoms with Gasteiger partial charge in [-0.2, -0.15) is 5.10 Å². The third kappa shape index (κ3) is 3.08. The molecule has 0 aromatic carbocycles. The van der Waals surface area contributed by atoms with Crippen LogP contribution in [0.2, 0.25) is 0 Å². The molecule has 108 valence electrons. The van der Waals surface area contributed by atoms with Crippen LogP contribution in [0.4, 0.5) is 0 Å². The van der Waals surface area contributed by atoms with Gasteiger partial charge in [0.25, 0.3) is 0 Å². The Morgan fingerprint density at radius 3 is 2.85 bits per heavy atom. The van der Waals surface area contributed by atoms with Gasteiger partial charge in [0.05, 0.1) is 36.9 Å². The molecule has 0 aliphatic carbocycles. The summed E-state index contributed by atoms with van der Waals surface area (Å²) in [5, 5.41) is 4.03. The minimum Gasteiger partial charge on any atom is -0.462 e. The molecule has 0 bridgehead atoms. The van der Waals surface area contributed by atoms with Crippen LogP contribution < -0.4 is 0 Å². The van der Waals surface area contributed by atoms with E-state index in [0.717, 1.165) is 6.26 Å². The summed E-state index contributed by atoms with van der Waals surface area (Å²) in [7, 11) is -3.34. The van der Waals surface area contributed by atoms with Gasteiger partial charge >= 0.3 is 5.97 Å². The van der Waals surface area contributed by atoms with Crippen molar-refractivity contribution in [3.8, 4) is 0 Å². The van der Waals surface area contributed by atoms with Gasteiger partial charge in [0, 0.05) is 12.4 Å². The number of nitrogens with zero attached hydrogens (tertiary/aromatic N) is 3. The molecule has 8 heteroatoms. The minimum absolute atomic E-state index is 0.249. The number of hydrogen-bond acceptors (Lipinski definition) is 5. The number of hydrogen-bond donors (Lipinski definition) is 0. The lowest BCUT2D eigenvalue weighted by Gasteiger charge is -2.06. The van der Waals surface area contributed by atoms with Gasteiger partial charge in [-0.25, -0.2) is 17.2 Å². The molecule has 7 nitrogen and oxygen atoms in total. The molecule has 0 saturated heterocycles. The molecular weight excluding hydrogens is 282 g/mol. The second-order valence-electron chi connectivity index (χ2n) is 4.21. The van der Waals surface area contributed by atoms with Crippen molar-refractivity contribution in [1.82, 2.24) is 13.8 Å². The lowest BCUT2D eigenvalue weighted by atomic mass is 10.4. The number of rotatable bonds is 5. The van der Waals surface area contributed by atoms with Crippen LogP contribution in [0.15, 0.2) is 30.7 Å². The zero-order valence-corrected chi connectivity index (χ0v) is 12.0. The smallest absolute Gasteiger partial charge is 0.341 e. The van der Waals surface area contributed by atoms with E-state index >= 15 is 0 Å². The van der Waals surface area contributed by atoms with Crippen LogP contribution >= 0.6 is 0 Å². The topological polar surface area (TPSA) is 83.2 Å². The Balaban J connectivity index is 2.20. The molecule has 0 unspecified atom stereocenters. The second-order valence-corrected chi connectivity index (χ2v) is 6.06. The quantitative estimate of drug-likeness (QED) is 0.759. The Morgan fingerprint density at radius 2 is 2.20 bits per heavy atom. The Hall–Kier alpha value is -2.09. The molecule has 0 radical (unpaired) electrons. The fourth-order valence-corrected chi connectivity index (χ4v) is 2.62. The molecule has 0 aliphatic heterocycles. The summed E-state index contributed by atoms with van der Waals surface area (Å²) in [6.45, 7) is 2.27. The number of esters is 1. The van der Waals surface area contributed by atoms with E-state index in [1.165, 1.54) is 27.2 Å². The van der Waals surface area contributed by atoms with Gasteiger partial charge in [-0.1, -0.05) is 0 Å². The Kier molecular flexibility index (Phi) is 3.93. The zero-order valence-electron chi connectivity index (χ0n) is 11.2. The molecule has 2 aromatic rings. The van der Waals surface area contributed by atoms with Gasteiger partial charge in [-0.15, -0.1) is 0 Å². The summed E-state index contributed by atoms with van der Waals surface area (Å²) in [6, 6.07) is 3.33. The highest BCUT2D eigenvalue weighted by molar-refractivity contribution is 7.89. The highest BCUT2D eigenvalue weighted by atomic mass is 32.2. The van der Waals surface area contributed by atoms with Crippen LogP contribution in [0, 0.1) is 0 Å². The predicted molar refractivity (Wildman–Crippen MR) is 72.0 cm³/mol. The molecule has 0 N–H and O–H groups in total. The molecule has 0 saturated carbocycles. The Morgan fingerprint density at radius 1 is 1.45 bits per heavy atom. The first-order chi connectivity index (χ1) is 9.41. The van der Waals surface area contributed by atoms with Crippen LogP contribution in [0.1, 0.15) is 23.0 Å². The van der Waals surface area contributed by atoms with E-state index in [0.29, 0.717) is 17.9 Å². The lowest BCUT2D eigenvalue weighted by Crippen LogP contribution is -2.14. The van der Waals surface area contributed by atoms with Crippen molar-refractivity contribution in [3.63, 3.8) is 0 Å². The van der Waals surface area contributed by atoms with Crippen molar-refractivity contribution in [2.45, 2.75) is 13.5 Å². The van der Waals surface area contributed by atoms with Crippen molar-refractivity contribution in [1.29, 1.82) is 0 Å². The number of aromatic nitrogens is 3. The van der Waals surface area contributed by atoms with Gasteiger partial charge < -0.3 is 4.74 Å². The highest BCUT2D eigenvalue weighted by Gasteiger charge is 2.13. The largest absolute Gasteiger partial charge is 0.462 e. The SMILES string of the molecule is CCOC(=O)c1cnn(Cc2cccn2S(C)(=O)=O)c1. The normalized spacial score (nSPS) is 11.5. The fraction of sp³-hybridized carbons (Fsp3) is 0.333. The molecular formula is C12H15N3O4S. The first kappa shape index (κ1) is 14.3. The van der Waals surface area contributed by atoms with Gasteiger partial charge in [-0.05, 0) is 19.1 Å². The summed E-state index contributed by atoms with van der Waals surface area (Å²) in [4.78, 5) is 11.5. The molecule has 2 aromatic heterocycles. The molecule has 0 fully saturated rings. The van der Waals surface area contributed by atoms with Crippen LogP contribution in [0.25, 0.3) is 0 Å². The lowest BCUT2D eigenvalue weighted by molar-refractivity contribution is 0.0526. The summed E-state index contributed by atoms with van der Waals surface area (Å²) >= 11 is 0. The van der Waals surface area contributed by atoms with E-state index in [2.05, 4.69) is 5.10 Å². The summed E-state index contributed by atoms with van der Waals surface area (Å²) in [6.07, 6.45) is 5.52. The molecule has 20 heavy (non-hydrogen) atoms. The van der Waals surface area contributed by atoms with E-state index in [9.17, 15) is 13.2 Å². The van der Waals surface area contributed by atoms with E-state index < -0.39 is 16.0 Å². The van der Waals surface area contributed by atoms with Crippen molar-refractivity contribution < 1.29 is 17.9 Å². The molecule has 0 aliphatic rings. The van der Waals surface area contributed by atoms with Crippen molar-refractivity contribution in [2.75, 3.05) is 12.9 Å². The molecule has 0 amide bonds. The maximum atomic E-state index is 11.6. The van der Waals surface area contributed by atoms with Crippen LogP contribution in [-0.4, -0.2) is 41.0 Å². The third-order valence-electron chi connectivity index (χ3n) is 2.62. The van der Waals surface area contributed by atoms with E-state index in [1.54, 1.807) is 19.1 Å². The van der Waals surface area contributed by atoms with Crippen LogP contribution in [0.5, 0.6) is 0 Å². The fourth-order valence-electron chi connectivity index (χ4n) is 1.78. The molecule has 2 rings (SSSR count). The second kappa shape index (κ2) is 5.49. The summed E-state index contributed by atoms with van der Waals surface area (Å²) in [5.74, 6) is -0.447. The van der Waals surface area contributed by atoms with Gasteiger partial charge in [-0.3, -0.25) is 4.68 Å². The van der Waals surface area contributed by atoms with Crippen molar-refractivity contribution in [2.24, 2.45) is 0 Å². The predicted octanol–water partition coefficient (Wildman–Crippen LogP) is 0.717. The zero-order chi connectivity index (χ0) is 14.8. The highest BCUT2D eigenvalue weighted by Crippen LogP contribution is 2.09. The molecule has 0 atom stereocenters. The van der Waals surface area contributed by atoms with Crippen LogP contribution in [-0.2, 0) is 21.3 Å². The van der Waals surface area contributed by atoms with Crippen LogP contribution in [0.3, 0.4) is 0 Å². The first-order valence-electron chi connectivity index (χ1n) is 5.98. The first-order valence-corrected chi connectivity index (χ1v) is 7.83. The summed E-state index contributed by atoms with van der Waals surface area (Å²) in [5.41, 5.74) is 0.898. The third-order valence-corrected chi connectivity index (χ3v) is 3.69. The van der Waals surface area contributed by atoms with Crippen molar-refractivity contribution >= 4 is 16.0 Å². The van der Waals surface area contributed by atoms with Gasteiger partial charge in [0.15, 0.2) is 0 Å². The maximum Gasteiger partial charge on any atom is 0.341 e. The van der Waals surface area contributed by atoms with Gasteiger partial charge in [0.1, 0.15) is 0 Å². The standard InChI is InChI=1S/C12H15N3O4S/c1-3-19-12(16)10-7-13-14(8-10)9-11-5-4-6-15(11)20(2,17)18/h4-8H,3,9H2,1-2H3. The number of ether oxygens (including phenoxy) is 1. The van der Waals surface area contributed by atoms with E-state index in [4.69, 9.17) is 4.74 Å². The maximum absolute atomic E-state index is 11.6. The molecule has 2 heterocycles. The van der Waals surface area contributed by atoms with Crippen molar-refractivity contribution in [3.05, 3.63) is 42.0 Å². The van der Waals surface area contributed by atoms with E-state index in [1.807, 2.05) is 0 Å². The molecule has 0 spiro atoms. The summed E-state index contributed by atoms with van der Waals surface area (Å²) < 4.78 is 30.7. The Bertz CT molecular complexity index is 715.